The maximum Gasteiger partial charge on any atom is 0.394 e. The van der Waals surface area contributed by atoms with Crippen LogP contribution in [-0.4, -0.2) is 35.5 Å². The van der Waals surface area contributed by atoms with E-state index in [4.69, 9.17) is 5.11 Å². The first-order chi connectivity index (χ1) is 7.50. The van der Waals surface area contributed by atoms with Crippen LogP contribution in [0.25, 0.3) is 0 Å². The Balaban J connectivity index is 2.48. The molecule has 1 aromatic rings. The second-order valence-corrected chi connectivity index (χ2v) is 4.32. The van der Waals surface area contributed by atoms with Crippen molar-refractivity contribution in [3.63, 3.8) is 0 Å². The summed E-state index contributed by atoms with van der Waals surface area (Å²) in [5.74, 6) is -2.30. The third-order valence-electron chi connectivity index (χ3n) is 2.18. The predicted molar refractivity (Wildman–Crippen MR) is 63.1 cm³/mol. The molecule has 0 saturated carbocycles. The summed E-state index contributed by atoms with van der Waals surface area (Å²) in [6.45, 7) is 0.396. The molecule has 0 unspecified atom stereocenters. The minimum absolute atomic E-state index is 0.396. The van der Waals surface area contributed by atoms with Crippen LogP contribution < -0.4 is 0 Å². The van der Waals surface area contributed by atoms with E-state index in [2.05, 4.69) is 15.9 Å². The third-order valence-corrected chi connectivity index (χ3v) is 2.71. The number of hydrogen-bond donors (Lipinski definition) is 1. The van der Waals surface area contributed by atoms with Crippen molar-refractivity contribution in [2.75, 3.05) is 13.6 Å². The number of carbonyl (C=O) groups excluding carboxylic acids is 1. The van der Waals surface area contributed by atoms with E-state index in [1.807, 2.05) is 24.3 Å². The van der Waals surface area contributed by atoms with Gasteiger partial charge in [0.1, 0.15) is 0 Å². The molecule has 0 fully saturated rings. The van der Waals surface area contributed by atoms with Crippen LogP contribution in [0.3, 0.4) is 0 Å². The Bertz CT molecular complexity index is 389. The average Bonchev–Trinajstić information content (AvgIpc) is 2.26. The van der Waals surface area contributed by atoms with Gasteiger partial charge >= 0.3 is 11.9 Å². The maximum atomic E-state index is 11.0. The number of aliphatic carboxylic acids is 1. The number of carboxylic acids is 1. The first-order valence-electron chi connectivity index (χ1n) is 4.73. The lowest BCUT2D eigenvalue weighted by Gasteiger charge is -2.14. The molecule has 0 spiro atoms. The molecule has 0 aliphatic heterocycles. The van der Waals surface area contributed by atoms with Crippen molar-refractivity contribution in [2.24, 2.45) is 0 Å². The number of benzene rings is 1. The van der Waals surface area contributed by atoms with Gasteiger partial charge in [0.15, 0.2) is 0 Å². The van der Waals surface area contributed by atoms with Gasteiger partial charge in [0, 0.05) is 18.1 Å². The predicted octanol–water partition coefficient (Wildman–Crippen LogP) is 1.53. The zero-order valence-corrected chi connectivity index (χ0v) is 10.4. The number of carbonyl (C=O) groups is 2. The molecule has 4 nitrogen and oxygen atoms in total. The molecular formula is C11H12BrNO3. The highest BCUT2D eigenvalue weighted by Crippen LogP contribution is 2.11. The van der Waals surface area contributed by atoms with Gasteiger partial charge in [0.05, 0.1) is 0 Å². The van der Waals surface area contributed by atoms with E-state index in [0.717, 1.165) is 10.0 Å². The van der Waals surface area contributed by atoms with Crippen LogP contribution in [0, 0.1) is 0 Å². The highest BCUT2D eigenvalue weighted by Gasteiger charge is 2.16. The largest absolute Gasteiger partial charge is 0.474 e. The first kappa shape index (κ1) is 12.7. The summed E-state index contributed by atoms with van der Waals surface area (Å²) in [5.41, 5.74) is 1.06. The summed E-state index contributed by atoms with van der Waals surface area (Å²) in [4.78, 5) is 22.6. The van der Waals surface area contributed by atoms with Gasteiger partial charge in [0.25, 0.3) is 0 Å². The second kappa shape index (κ2) is 5.65. The van der Waals surface area contributed by atoms with Gasteiger partial charge in [-0.1, -0.05) is 28.1 Å². The lowest BCUT2D eigenvalue weighted by atomic mass is 10.1. The van der Waals surface area contributed by atoms with Crippen LogP contribution >= 0.6 is 15.9 Å². The summed E-state index contributed by atoms with van der Waals surface area (Å²) in [5, 5.41) is 8.49. The molecule has 0 saturated heterocycles. The smallest absolute Gasteiger partial charge is 0.394 e. The van der Waals surface area contributed by atoms with Gasteiger partial charge in [-0.15, -0.1) is 0 Å². The van der Waals surface area contributed by atoms with Gasteiger partial charge in [-0.2, -0.15) is 0 Å². The molecule has 0 aromatic heterocycles. The summed E-state index contributed by atoms with van der Waals surface area (Å²) in [6, 6.07) is 7.69. The SMILES string of the molecule is CN(CCc1ccc(Br)cc1)C(=O)C(=O)O. The molecule has 16 heavy (non-hydrogen) atoms. The van der Waals surface area contributed by atoms with E-state index in [1.165, 1.54) is 11.9 Å². The van der Waals surface area contributed by atoms with Crippen molar-refractivity contribution >= 4 is 27.8 Å². The number of likely N-dealkylation sites (N-methyl/N-ethyl adjacent to an activating group) is 1. The molecule has 5 heteroatoms. The number of rotatable bonds is 3. The molecular weight excluding hydrogens is 274 g/mol. The van der Waals surface area contributed by atoms with Crippen molar-refractivity contribution in [1.29, 1.82) is 0 Å². The van der Waals surface area contributed by atoms with Crippen LogP contribution in [0.4, 0.5) is 0 Å². The van der Waals surface area contributed by atoms with Gasteiger partial charge in [-0.25, -0.2) is 4.79 Å². The van der Waals surface area contributed by atoms with E-state index in [0.29, 0.717) is 13.0 Å². The van der Waals surface area contributed by atoms with E-state index in [9.17, 15) is 9.59 Å². The quantitative estimate of drug-likeness (QED) is 0.857. The maximum absolute atomic E-state index is 11.0. The molecule has 0 heterocycles. The highest BCUT2D eigenvalue weighted by atomic mass is 79.9. The van der Waals surface area contributed by atoms with E-state index < -0.39 is 11.9 Å². The van der Waals surface area contributed by atoms with Crippen molar-refractivity contribution in [2.45, 2.75) is 6.42 Å². The summed E-state index contributed by atoms with van der Waals surface area (Å²) < 4.78 is 0.992. The Kier molecular flexibility index (Phi) is 4.49. The highest BCUT2D eigenvalue weighted by molar-refractivity contribution is 9.10. The Hall–Kier alpha value is -1.36. The molecule has 1 rings (SSSR count). The van der Waals surface area contributed by atoms with Crippen molar-refractivity contribution in [3.8, 4) is 0 Å². The number of carboxylic acid groups (broad SMARTS) is 1. The van der Waals surface area contributed by atoms with Crippen molar-refractivity contribution in [3.05, 3.63) is 34.3 Å². The molecule has 0 aliphatic carbocycles. The first-order valence-corrected chi connectivity index (χ1v) is 5.53. The Morgan fingerprint density at radius 3 is 2.38 bits per heavy atom. The molecule has 0 atom stereocenters. The molecule has 86 valence electrons. The Labute approximate surface area is 102 Å². The fourth-order valence-corrected chi connectivity index (χ4v) is 1.48. The normalized spacial score (nSPS) is 9.88. The van der Waals surface area contributed by atoms with E-state index >= 15 is 0 Å². The molecule has 1 amide bonds. The van der Waals surface area contributed by atoms with Gasteiger partial charge < -0.3 is 10.0 Å². The minimum atomic E-state index is -1.42. The number of halogens is 1. The number of amides is 1. The molecule has 0 aliphatic rings. The fourth-order valence-electron chi connectivity index (χ4n) is 1.21. The second-order valence-electron chi connectivity index (χ2n) is 3.41. The van der Waals surface area contributed by atoms with Crippen LogP contribution in [0.5, 0.6) is 0 Å². The van der Waals surface area contributed by atoms with Crippen LogP contribution in [0.1, 0.15) is 5.56 Å². The fraction of sp³-hybridized carbons (Fsp3) is 0.273. The van der Waals surface area contributed by atoms with E-state index in [1.54, 1.807) is 0 Å². The minimum Gasteiger partial charge on any atom is -0.474 e. The molecule has 0 bridgehead atoms. The lowest BCUT2D eigenvalue weighted by Crippen LogP contribution is -2.34. The van der Waals surface area contributed by atoms with Gasteiger partial charge in [-0.3, -0.25) is 4.79 Å². The molecule has 0 radical (unpaired) electrons. The lowest BCUT2D eigenvalue weighted by molar-refractivity contribution is -0.155. The number of hydrogen-bond acceptors (Lipinski definition) is 2. The molecule has 1 N–H and O–H groups in total. The van der Waals surface area contributed by atoms with Crippen LogP contribution in [-0.2, 0) is 16.0 Å². The third kappa shape index (κ3) is 3.66. The van der Waals surface area contributed by atoms with Gasteiger partial charge in [-0.05, 0) is 24.1 Å². The van der Waals surface area contributed by atoms with Crippen LogP contribution in [0.2, 0.25) is 0 Å². The summed E-state index contributed by atoms with van der Waals surface area (Å²) in [6.07, 6.45) is 0.642. The summed E-state index contributed by atoms with van der Waals surface area (Å²) in [7, 11) is 1.48. The standard InChI is InChI=1S/C11H12BrNO3/c1-13(10(14)11(15)16)7-6-8-2-4-9(12)5-3-8/h2-5H,6-7H2,1H3,(H,15,16). The average molecular weight is 286 g/mol. The Morgan fingerprint density at radius 2 is 1.88 bits per heavy atom. The topological polar surface area (TPSA) is 57.6 Å². The summed E-state index contributed by atoms with van der Waals surface area (Å²) >= 11 is 3.33. The van der Waals surface area contributed by atoms with Crippen molar-refractivity contribution in [1.82, 2.24) is 4.90 Å². The van der Waals surface area contributed by atoms with Gasteiger partial charge in [0.2, 0.25) is 0 Å². The van der Waals surface area contributed by atoms with Crippen molar-refractivity contribution < 1.29 is 14.7 Å². The Morgan fingerprint density at radius 1 is 1.31 bits per heavy atom. The van der Waals surface area contributed by atoms with Crippen LogP contribution in [0.15, 0.2) is 28.7 Å². The monoisotopic (exact) mass is 285 g/mol. The number of nitrogens with zero attached hydrogens (tertiary/aromatic N) is 1. The molecule has 1 aromatic carbocycles. The zero-order valence-electron chi connectivity index (χ0n) is 8.81. The zero-order chi connectivity index (χ0) is 12.1. The van der Waals surface area contributed by atoms with E-state index in [-0.39, 0.29) is 0 Å².